The van der Waals surface area contributed by atoms with Crippen molar-refractivity contribution in [1.29, 1.82) is 0 Å². The summed E-state index contributed by atoms with van der Waals surface area (Å²) >= 11 is 0. The summed E-state index contributed by atoms with van der Waals surface area (Å²) in [5.41, 5.74) is 0.778. The van der Waals surface area contributed by atoms with Crippen LogP contribution >= 0.6 is 0 Å². The highest BCUT2D eigenvalue weighted by Crippen LogP contribution is 2.07. The lowest BCUT2D eigenvalue weighted by atomic mass is 10.1. The first-order valence-electron chi connectivity index (χ1n) is 5.58. The summed E-state index contributed by atoms with van der Waals surface area (Å²) in [7, 11) is 0. The second kappa shape index (κ2) is 5.38. The number of urea groups is 1. The molecular formula is C12H12N2O5. The third-order valence-electron chi connectivity index (χ3n) is 2.65. The molecule has 2 rings (SSSR count). The number of nitrogens with one attached hydrogen (secondary N) is 2. The van der Waals surface area contributed by atoms with Crippen molar-refractivity contribution in [3.8, 4) is 0 Å². The molecule has 100 valence electrons. The van der Waals surface area contributed by atoms with Gasteiger partial charge >= 0.3 is 18.0 Å². The van der Waals surface area contributed by atoms with Crippen LogP contribution in [0.4, 0.5) is 4.79 Å². The molecule has 2 amide bonds. The van der Waals surface area contributed by atoms with E-state index in [1.807, 2.05) is 6.07 Å². The molecule has 0 saturated carbocycles. The van der Waals surface area contributed by atoms with Crippen LogP contribution in [0.15, 0.2) is 30.3 Å². The molecule has 0 aliphatic carbocycles. The summed E-state index contributed by atoms with van der Waals surface area (Å²) < 4.78 is 4.98. The summed E-state index contributed by atoms with van der Waals surface area (Å²) in [5, 5.41) is 13.2. The van der Waals surface area contributed by atoms with E-state index in [2.05, 4.69) is 10.6 Å². The van der Waals surface area contributed by atoms with Crippen LogP contribution in [0.3, 0.4) is 0 Å². The number of carboxylic acids is 1. The van der Waals surface area contributed by atoms with Gasteiger partial charge in [-0.25, -0.2) is 14.4 Å². The first kappa shape index (κ1) is 12.9. The first-order valence-corrected chi connectivity index (χ1v) is 5.58. The van der Waals surface area contributed by atoms with E-state index in [1.54, 1.807) is 24.3 Å². The molecule has 1 heterocycles. The van der Waals surface area contributed by atoms with Crippen molar-refractivity contribution in [2.45, 2.75) is 18.7 Å². The lowest BCUT2D eigenvalue weighted by molar-refractivity contribution is -0.151. The maximum absolute atomic E-state index is 11.7. The van der Waals surface area contributed by atoms with Crippen LogP contribution in [0.25, 0.3) is 0 Å². The van der Waals surface area contributed by atoms with Crippen molar-refractivity contribution in [2.24, 2.45) is 0 Å². The molecule has 1 aromatic rings. The lowest BCUT2D eigenvalue weighted by Gasteiger charge is -2.13. The SMILES string of the molecule is O=C1NC(C(=O)O)C(C(=O)OCc2ccccc2)N1. The maximum atomic E-state index is 11.7. The van der Waals surface area contributed by atoms with Gasteiger partial charge in [0.05, 0.1) is 0 Å². The summed E-state index contributed by atoms with van der Waals surface area (Å²) in [6.45, 7) is 0.0262. The van der Waals surface area contributed by atoms with Gasteiger partial charge in [-0.05, 0) is 5.56 Å². The van der Waals surface area contributed by atoms with E-state index in [9.17, 15) is 14.4 Å². The fourth-order valence-electron chi connectivity index (χ4n) is 1.71. The molecule has 2 atom stereocenters. The molecule has 0 radical (unpaired) electrons. The second-order valence-electron chi connectivity index (χ2n) is 4.00. The monoisotopic (exact) mass is 264 g/mol. The Kier molecular flexibility index (Phi) is 3.65. The Bertz CT molecular complexity index is 502. The Hall–Kier alpha value is -2.57. The number of rotatable bonds is 4. The molecule has 7 nitrogen and oxygen atoms in total. The van der Waals surface area contributed by atoms with Gasteiger partial charge in [-0.2, -0.15) is 0 Å². The van der Waals surface area contributed by atoms with Gasteiger partial charge < -0.3 is 20.5 Å². The van der Waals surface area contributed by atoms with Crippen LogP contribution in [0.5, 0.6) is 0 Å². The molecule has 7 heteroatoms. The summed E-state index contributed by atoms with van der Waals surface area (Å²) in [6, 6.07) is 5.73. The van der Waals surface area contributed by atoms with Crippen LogP contribution in [0.1, 0.15) is 5.56 Å². The number of ether oxygens (including phenoxy) is 1. The number of benzene rings is 1. The zero-order valence-corrected chi connectivity index (χ0v) is 9.83. The van der Waals surface area contributed by atoms with E-state index in [0.29, 0.717) is 0 Å². The number of hydrogen-bond donors (Lipinski definition) is 3. The van der Waals surface area contributed by atoms with Crippen molar-refractivity contribution >= 4 is 18.0 Å². The van der Waals surface area contributed by atoms with Crippen LogP contribution < -0.4 is 10.6 Å². The van der Waals surface area contributed by atoms with Crippen molar-refractivity contribution in [1.82, 2.24) is 10.6 Å². The molecule has 0 bridgehead atoms. The Morgan fingerprint density at radius 1 is 1.16 bits per heavy atom. The molecule has 1 aliphatic rings. The summed E-state index contributed by atoms with van der Waals surface area (Å²) in [5.74, 6) is -2.07. The summed E-state index contributed by atoms with van der Waals surface area (Å²) in [4.78, 5) is 33.7. The largest absolute Gasteiger partial charge is 0.480 e. The molecule has 1 aliphatic heterocycles. The van der Waals surface area contributed by atoms with Crippen molar-refractivity contribution in [3.63, 3.8) is 0 Å². The predicted octanol–water partition coefficient (Wildman–Crippen LogP) is -0.136. The smallest absolute Gasteiger partial charge is 0.331 e. The van der Waals surface area contributed by atoms with Gasteiger partial charge in [0.25, 0.3) is 0 Å². The van der Waals surface area contributed by atoms with Gasteiger partial charge in [0.15, 0.2) is 12.1 Å². The van der Waals surface area contributed by atoms with Gasteiger partial charge in [-0.3, -0.25) is 0 Å². The number of aliphatic carboxylic acids is 1. The van der Waals surface area contributed by atoms with Crippen LogP contribution in [-0.2, 0) is 20.9 Å². The second-order valence-corrected chi connectivity index (χ2v) is 4.00. The highest BCUT2D eigenvalue weighted by atomic mass is 16.5. The maximum Gasteiger partial charge on any atom is 0.331 e. The fourth-order valence-corrected chi connectivity index (χ4v) is 1.71. The number of carbonyl (C=O) groups excluding carboxylic acids is 2. The fraction of sp³-hybridized carbons (Fsp3) is 0.250. The highest BCUT2D eigenvalue weighted by molar-refractivity contribution is 5.96. The zero-order valence-electron chi connectivity index (χ0n) is 9.83. The number of esters is 1. The molecule has 2 unspecified atom stereocenters. The standard InChI is InChI=1S/C12H12N2O5/c15-10(16)8-9(14-12(18)13-8)11(17)19-6-7-4-2-1-3-5-7/h1-5,8-9H,6H2,(H,15,16)(H2,13,14,18). The Balaban J connectivity index is 1.96. The number of amides is 2. The van der Waals surface area contributed by atoms with E-state index in [1.165, 1.54) is 0 Å². The predicted molar refractivity (Wildman–Crippen MR) is 63.1 cm³/mol. The average Bonchev–Trinajstić information content (AvgIpc) is 2.79. The van der Waals surface area contributed by atoms with Gasteiger partial charge in [0.1, 0.15) is 6.61 Å². The number of carbonyl (C=O) groups is 3. The van der Waals surface area contributed by atoms with Crippen molar-refractivity contribution in [2.75, 3.05) is 0 Å². The quantitative estimate of drug-likeness (QED) is 0.657. The van der Waals surface area contributed by atoms with E-state index >= 15 is 0 Å². The third kappa shape index (κ3) is 3.01. The number of hydrogen-bond acceptors (Lipinski definition) is 4. The molecule has 3 N–H and O–H groups in total. The Labute approximate surface area is 108 Å². The van der Waals surface area contributed by atoms with Crippen LogP contribution in [0, 0.1) is 0 Å². The van der Waals surface area contributed by atoms with Crippen molar-refractivity contribution in [3.05, 3.63) is 35.9 Å². The van der Waals surface area contributed by atoms with E-state index in [4.69, 9.17) is 9.84 Å². The molecular weight excluding hydrogens is 252 g/mol. The highest BCUT2D eigenvalue weighted by Gasteiger charge is 2.42. The normalized spacial score (nSPS) is 21.4. The molecule has 1 saturated heterocycles. The van der Waals surface area contributed by atoms with E-state index in [0.717, 1.165) is 5.56 Å². The minimum absolute atomic E-state index is 0.0262. The molecule has 0 spiro atoms. The van der Waals surface area contributed by atoms with E-state index in [-0.39, 0.29) is 6.61 Å². The molecule has 1 aromatic carbocycles. The van der Waals surface area contributed by atoms with Crippen LogP contribution in [0.2, 0.25) is 0 Å². The lowest BCUT2D eigenvalue weighted by Crippen LogP contribution is -2.46. The Morgan fingerprint density at radius 3 is 2.42 bits per heavy atom. The van der Waals surface area contributed by atoms with Gasteiger partial charge in [-0.1, -0.05) is 30.3 Å². The average molecular weight is 264 g/mol. The van der Waals surface area contributed by atoms with Gasteiger partial charge in [-0.15, -0.1) is 0 Å². The van der Waals surface area contributed by atoms with Gasteiger partial charge in [0.2, 0.25) is 0 Å². The molecule has 1 fully saturated rings. The van der Waals surface area contributed by atoms with E-state index < -0.39 is 30.1 Å². The molecule has 19 heavy (non-hydrogen) atoms. The summed E-state index contributed by atoms with van der Waals surface area (Å²) in [6.07, 6.45) is 0. The number of carboxylic acid groups (broad SMARTS) is 1. The zero-order chi connectivity index (χ0) is 13.8. The topological polar surface area (TPSA) is 105 Å². The van der Waals surface area contributed by atoms with Crippen molar-refractivity contribution < 1.29 is 24.2 Å². The van der Waals surface area contributed by atoms with Crippen LogP contribution in [-0.4, -0.2) is 35.2 Å². The van der Waals surface area contributed by atoms with Gasteiger partial charge in [0, 0.05) is 0 Å². The molecule has 0 aromatic heterocycles. The first-order chi connectivity index (χ1) is 9.08. The third-order valence-corrected chi connectivity index (χ3v) is 2.65. The minimum Gasteiger partial charge on any atom is -0.480 e. The Morgan fingerprint density at radius 2 is 1.79 bits per heavy atom. The minimum atomic E-state index is -1.31.